The molecular weight excluding hydrogens is 326 g/mol. The van der Waals surface area contributed by atoms with Gasteiger partial charge in [0.2, 0.25) is 5.91 Å². The van der Waals surface area contributed by atoms with Crippen molar-refractivity contribution in [2.24, 2.45) is 5.92 Å². The minimum atomic E-state index is 0.139. The summed E-state index contributed by atoms with van der Waals surface area (Å²) >= 11 is 9.38. The summed E-state index contributed by atoms with van der Waals surface area (Å²) in [6, 6.07) is 5.51. The molecule has 1 aliphatic rings. The molecule has 2 rings (SSSR count). The lowest BCUT2D eigenvalue weighted by molar-refractivity contribution is -0.120. The highest BCUT2D eigenvalue weighted by atomic mass is 79.9. The summed E-state index contributed by atoms with van der Waals surface area (Å²) < 4.78 is 0.845. The minimum absolute atomic E-state index is 0.139. The van der Waals surface area contributed by atoms with E-state index >= 15 is 0 Å². The highest BCUT2D eigenvalue weighted by molar-refractivity contribution is 9.10. The molecule has 0 bridgehead atoms. The first-order valence-corrected chi connectivity index (χ1v) is 8.10. The molecule has 1 N–H and O–H groups in total. The Balaban J connectivity index is 1.96. The Hall–Kier alpha value is -0.540. The van der Waals surface area contributed by atoms with Crippen LogP contribution < -0.4 is 5.32 Å². The summed E-state index contributed by atoms with van der Waals surface area (Å²) in [5.74, 6) is 0.294. The van der Waals surface area contributed by atoms with E-state index in [4.69, 9.17) is 11.6 Å². The molecule has 1 aliphatic carbocycles. The van der Waals surface area contributed by atoms with Crippen molar-refractivity contribution in [3.63, 3.8) is 0 Å². The summed E-state index contributed by atoms with van der Waals surface area (Å²) in [5.41, 5.74) is 0.778. The third-order valence-corrected chi connectivity index (χ3v) is 4.90. The van der Waals surface area contributed by atoms with Crippen LogP contribution in [0.3, 0.4) is 0 Å². The van der Waals surface area contributed by atoms with Gasteiger partial charge in [0.05, 0.1) is 5.02 Å². The molecule has 0 atom stereocenters. The maximum absolute atomic E-state index is 12.3. The smallest absolute Gasteiger partial charge is 0.227 e. The van der Waals surface area contributed by atoms with Crippen molar-refractivity contribution >= 4 is 39.1 Å². The molecule has 0 aromatic heterocycles. The average Bonchev–Trinajstić information content (AvgIpc) is 2.33. The SMILES string of the molecule is O=C(Nc1ccc(Br)c(Cl)c1)C1CCCCCCC1. The second kappa shape index (κ2) is 7.30. The third kappa shape index (κ3) is 4.50. The van der Waals surface area contributed by atoms with Crippen LogP contribution in [-0.4, -0.2) is 5.91 Å². The zero-order valence-corrected chi connectivity index (χ0v) is 13.3. The van der Waals surface area contributed by atoms with Crippen LogP contribution in [0.1, 0.15) is 44.9 Å². The molecule has 0 unspecified atom stereocenters. The first kappa shape index (κ1) is 14.9. The minimum Gasteiger partial charge on any atom is -0.326 e. The first-order chi connectivity index (χ1) is 9.16. The molecule has 19 heavy (non-hydrogen) atoms. The maximum Gasteiger partial charge on any atom is 0.227 e. The van der Waals surface area contributed by atoms with Gasteiger partial charge in [0.25, 0.3) is 0 Å². The van der Waals surface area contributed by atoms with Gasteiger partial charge in [-0.3, -0.25) is 4.79 Å². The van der Waals surface area contributed by atoms with Gasteiger partial charge in [0.1, 0.15) is 0 Å². The Labute approximate surface area is 128 Å². The predicted molar refractivity (Wildman–Crippen MR) is 83.6 cm³/mol. The molecule has 104 valence electrons. The molecule has 4 heteroatoms. The second-order valence-electron chi connectivity index (χ2n) is 5.16. The van der Waals surface area contributed by atoms with E-state index in [1.807, 2.05) is 12.1 Å². The van der Waals surface area contributed by atoms with E-state index in [2.05, 4.69) is 21.2 Å². The third-order valence-electron chi connectivity index (χ3n) is 3.66. The highest BCUT2D eigenvalue weighted by Gasteiger charge is 2.19. The van der Waals surface area contributed by atoms with E-state index in [9.17, 15) is 4.79 Å². The normalized spacial score (nSPS) is 17.6. The molecule has 1 amide bonds. The summed E-state index contributed by atoms with van der Waals surface area (Å²) in [4.78, 5) is 12.3. The van der Waals surface area contributed by atoms with E-state index in [-0.39, 0.29) is 11.8 Å². The number of hydrogen-bond donors (Lipinski definition) is 1. The number of benzene rings is 1. The van der Waals surface area contributed by atoms with Crippen LogP contribution in [0, 0.1) is 5.92 Å². The number of anilines is 1. The topological polar surface area (TPSA) is 29.1 Å². The Morgan fingerprint density at radius 3 is 2.42 bits per heavy atom. The Morgan fingerprint density at radius 2 is 1.79 bits per heavy atom. The number of carbonyl (C=O) groups is 1. The lowest BCUT2D eigenvalue weighted by Gasteiger charge is -2.19. The van der Waals surface area contributed by atoms with Gasteiger partial charge in [-0.25, -0.2) is 0 Å². The number of nitrogens with one attached hydrogen (secondary N) is 1. The number of amides is 1. The van der Waals surface area contributed by atoms with Crippen molar-refractivity contribution in [3.05, 3.63) is 27.7 Å². The summed E-state index contributed by atoms with van der Waals surface area (Å²) in [6.45, 7) is 0. The average molecular weight is 345 g/mol. The quantitative estimate of drug-likeness (QED) is 0.764. The number of halogens is 2. The van der Waals surface area contributed by atoms with Gasteiger partial charge in [0, 0.05) is 16.1 Å². The van der Waals surface area contributed by atoms with E-state index in [1.165, 1.54) is 32.1 Å². The van der Waals surface area contributed by atoms with Crippen molar-refractivity contribution in [1.29, 1.82) is 0 Å². The molecule has 0 aliphatic heterocycles. The molecule has 0 saturated heterocycles. The van der Waals surface area contributed by atoms with Gasteiger partial charge in [-0.2, -0.15) is 0 Å². The van der Waals surface area contributed by atoms with E-state index in [0.717, 1.165) is 23.0 Å². The molecule has 0 radical (unpaired) electrons. The Kier molecular flexibility index (Phi) is 5.71. The molecule has 1 saturated carbocycles. The summed E-state index contributed by atoms with van der Waals surface area (Å²) in [5, 5.41) is 3.60. The van der Waals surface area contributed by atoms with Gasteiger partial charge >= 0.3 is 0 Å². The number of rotatable bonds is 2. The van der Waals surface area contributed by atoms with Crippen LogP contribution in [0.25, 0.3) is 0 Å². The second-order valence-corrected chi connectivity index (χ2v) is 6.42. The highest BCUT2D eigenvalue weighted by Crippen LogP contribution is 2.27. The van der Waals surface area contributed by atoms with Crippen molar-refractivity contribution < 1.29 is 4.79 Å². The van der Waals surface area contributed by atoms with Gasteiger partial charge in [-0.05, 0) is 47.0 Å². The lowest BCUT2D eigenvalue weighted by atomic mass is 9.90. The Morgan fingerprint density at radius 1 is 1.16 bits per heavy atom. The van der Waals surface area contributed by atoms with Crippen LogP contribution >= 0.6 is 27.5 Å². The van der Waals surface area contributed by atoms with E-state index in [0.29, 0.717) is 5.02 Å². The van der Waals surface area contributed by atoms with Crippen LogP contribution in [0.2, 0.25) is 5.02 Å². The zero-order valence-electron chi connectivity index (χ0n) is 10.9. The molecule has 0 spiro atoms. The molecule has 1 fully saturated rings. The molecule has 2 nitrogen and oxygen atoms in total. The first-order valence-electron chi connectivity index (χ1n) is 6.93. The zero-order chi connectivity index (χ0) is 13.7. The van der Waals surface area contributed by atoms with Crippen molar-refractivity contribution in [1.82, 2.24) is 0 Å². The predicted octanol–water partition coefficient (Wildman–Crippen LogP) is 5.40. The van der Waals surface area contributed by atoms with Crippen LogP contribution in [-0.2, 0) is 4.79 Å². The summed E-state index contributed by atoms with van der Waals surface area (Å²) in [7, 11) is 0. The fraction of sp³-hybridized carbons (Fsp3) is 0.533. The Bertz CT molecular complexity index is 442. The van der Waals surface area contributed by atoms with Gasteiger partial charge < -0.3 is 5.32 Å². The molecule has 1 aromatic rings. The lowest BCUT2D eigenvalue weighted by Crippen LogP contribution is -2.23. The summed E-state index contributed by atoms with van der Waals surface area (Å²) in [6.07, 6.45) is 8.18. The van der Waals surface area contributed by atoms with Crippen molar-refractivity contribution in [2.75, 3.05) is 5.32 Å². The van der Waals surface area contributed by atoms with Crippen LogP contribution in [0.5, 0.6) is 0 Å². The standard InChI is InChI=1S/C15H19BrClNO/c16-13-9-8-12(10-14(13)17)18-15(19)11-6-4-2-1-3-5-7-11/h8-11H,1-7H2,(H,18,19). The maximum atomic E-state index is 12.3. The van der Waals surface area contributed by atoms with Gasteiger partial charge in [0.15, 0.2) is 0 Å². The molecule has 1 aromatic carbocycles. The number of hydrogen-bond acceptors (Lipinski definition) is 1. The van der Waals surface area contributed by atoms with E-state index < -0.39 is 0 Å². The monoisotopic (exact) mass is 343 g/mol. The molecule has 0 heterocycles. The van der Waals surface area contributed by atoms with Gasteiger partial charge in [-0.1, -0.05) is 43.7 Å². The molecular formula is C15H19BrClNO. The van der Waals surface area contributed by atoms with Crippen molar-refractivity contribution in [3.8, 4) is 0 Å². The fourth-order valence-corrected chi connectivity index (χ4v) is 2.96. The van der Waals surface area contributed by atoms with Crippen LogP contribution in [0.4, 0.5) is 5.69 Å². The van der Waals surface area contributed by atoms with Crippen LogP contribution in [0.15, 0.2) is 22.7 Å². The largest absolute Gasteiger partial charge is 0.326 e. The van der Waals surface area contributed by atoms with Crippen molar-refractivity contribution in [2.45, 2.75) is 44.9 Å². The fourth-order valence-electron chi connectivity index (χ4n) is 2.54. The van der Waals surface area contributed by atoms with Gasteiger partial charge in [-0.15, -0.1) is 0 Å². The van der Waals surface area contributed by atoms with E-state index in [1.54, 1.807) is 6.07 Å². The number of carbonyl (C=O) groups excluding carboxylic acids is 1.